The van der Waals surface area contributed by atoms with Crippen LogP contribution < -0.4 is 4.90 Å². The molecule has 0 aromatic carbocycles. The van der Waals surface area contributed by atoms with Gasteiger partial charge in [-0.2, -0.15) is 0 Å². The number of anilines is 1. The highest BCUT2D eigenvalue weighted by Crippen LogP contribution is 2.19. The van der Waals surface area contributed by atoms with Crippen LogP contribution in [0.5, 0.6) is 0 Å². The van der Waals surface area contributed by atoms with Crippen molar-refractivity contribution in [2.45, 2.75) is 13.5 Å². The van der Waals surface area contributed by atoms with E-state index in [0.717, 1.165) is 23.5 Å². The van der Waals surface area contributed by atoms with E-state index >= 15 is 0 Å². The Morgan fingerprint density at radius 1 is 1.64 bits per heavy atom. The first kappa shape index (κ1) is 10.7. The van der Waals surface area contributed by atoms with E-state index in [0.29, 0.717) is 0 Å². The zero-order chi connectivity index (χ0) is 10.6. The molecule has 0 radical (unpaired) electrons. The molecule has 0 unspecified atom stereocenters. The summed E-state index contributed by atoms with van der Waals surface area (Å²) in [6, 6.07) is 1.97. The highest BCUT2D eigenvalue weighted by atomic mass is 16.3. The first-order valence-corrected chi connectivity index (χ1v) is 4.57. The molecular formula is C11H16N2O. The minimum absolute atomic E-state index is 0.0180. The summed E-state index contributed by atoms with van der Waals surface area (Å²) in [7, 11) is 1.97. The molecule has 0 saturated heterocycles. The van der Waals surface area contributed by atoms with Crippen molar-refractivity contribution in [3.8, 4) is 0 Å². The zero-order valence-corrected chi connectivity index (χ0v) is 8.70. The van der Waals surface area contributed by atoms with E-state index in [-0.39, 0.29) is 6.61 Å². The van der Waals surface area contributed by atoms with Gasteiger partial charge in [0.2, 0.25) is 0 Å². The lowest BCUT2D eigenvalue weighted by atomic mass is 10.2. The minimum atomic E-state index is 0.0180. The van der Waals surface area contributed by atoms with Gasteiger partial charge in [0.1, 0.15) is 0 Å². The molecule has 0 aliphatic carbocycles. The zero-order valence-electron chi connectivity index (χ0n) is 8.70. The van der Waals surface area contributed by atoms with Gasteiger partial charge < -0.3 is 10.0 Å². The molecule has 3 heteroatoms. The summed E-state index contributed by atoms with van der Waals surface area (Å²) in [6.45, 7) is 6.40. The first-order chi connectivity index (χ1) is 6.69. The van der Waals surface area contributed by atoms with Crippen molar-refractivity contribution >= 4 is 5.69 Å². The van der Waals surface area contributed by atoms with Crippen molar-refractivity contribution in [3.05, 3.63) is 36.2 Å². The largest absolute Gasteiger partial charge is 0.392 e. The van der Waals surface area contributed by atoms with E-state index in [1.807, 2.05) is 31.0 Å². The second-order valence-electron chi connectivity index (χ2n) is 3.28. The Kier molecular flexibility index (Phi) is 3.65. The first-order valence-electron chi connectivity index (χ1n) is 4.57. The Labute approximate surface area is 84.7 Å². The van der Waals surface area contributed by atoms with E-state index in [4.69, 9.17) is 5.11 Å². The lowest BCUT2D eigenvalue weighted by molar-refractivity contribution is 0.281. The van der Waals surface area contributed by atoms with Crippen LogP contribution in [0.15, 0.2) is 24.9 Å². The minimum Gasteiger partial charge on any atom is -0.392 e. The third kappa shape index (κ3) is 2.33. The van der Waals surface area contributed by atoms with Crippen LogP contribution >= 0.6 is 0 Å². The molecule has 1 N–H and O–H groups in total. The van der Waals surface area contributed by atoms with Crippen LogP contribution in [-0.4, -0.2) is 23.7 Å². The number of aromatic nitrogens is 1. The smallest absolute Gasteiger partial charge is 0.0717 e. The predicted octanol–water partition coefficient (Wildman–Crippen LogP) is 1.50. The normalized spacial score (nSPS) is 9.93. The maximum Gasteiger partial charge on any atom is 0.0717 e. The molecule has 0 fully saturated rings. The summed E-state index contributed by atoms with van der Waals surface area (Å²) >= 11 is 0. The van der Waals surface area contributed by atoms with Gasteiger partial charge >= 0.3 is 0 Å². The molecule has 0 aliphatic rings. The van der Waals surface area contributed by atoms with Crippen molar-refractivity contribution in [2.24, 2.45) is 0 Å². The molecule has 1 aromatic rings. The summed E-state index contributed by atoms with van der Waals surface area (Å²) in [5, 5.41) is 9.13. The number of pyridine rings is 1. The molecule has 76 valence electrons. The van der Waals surface area contributed by atoms with Crippen molar-refractivity contribution in [3.63, 3.8) is 0 Å². The SMILES string of the molecule is C=CCN(C)c1cc(C)ncc1CO. The summed E-state index contributed by atoms with van der Waals surface area (Å²) in [5.74, 6) is 0. The molecule has 1 rings (SSSR count). The molecule has 3 nitrogen and oxygen atoms in total. The molecule has 0 amide bonds. The monoisotopic (exact) mass is 192 g/mol. The number of hydrogen-bond acceptors (Lipinski definition) is 3. The van der Waals surface area contributed by atoms with Crippen molar-refractivity contribution < 1.29 is 5.11 Å². The van der Waals surface area contributed by atoms with Crippen LogP contribution in [0, 0.1) is 6.92 Å². The molecule has 1 aromatic heterocycles. The third-order valence-electron chi connectivity index (χ3n) is 2.08. The molecule has 0 spiro atoms. The topological polar surface area (TPSA) is 36.4 Å². The van der Waals surface area contributed by atoms with Crippen LogP contribution in [0.3, 0.4) is 0 Å². The van der Waals surface area contributed by atoms with Crippen molar-refractivity contribution in [1.29, 1.82) is 0 Å². The number of aryl methyl sites for hydroxylation is 1. The Morgan fingerprint density at radius 3 is 2.93 bits per heavy atom. The summed E-state index contributed by atoms with van der Waals surface area (Å²) in [6.07, 6.45) is 3.54. The van der Waals surface area contributed by atoms with Crippen molar-refractivity contribution in [2.75, 3.05) is 18.5 Å². The van der Waals surface area contributed by atoms with E-state index in [2.05, 4.69) is 11.6 Å². The molecule has 1 heterocycles. The summed E-state index contributed by atoms with van der Waals surface area (Å²) in [4.78, 5) is 6.18. The number of nitrogens with zero attached hydrogens (tertiary/aromatic N) is 2. The predicted molar refractivity (Wildman–Crippen MR) is 58.4 cm³/mol. The van der Waals surface area contributed by atoms with Gasteiger partial charge in [-0.05, 0) is 13.0 Å². The standard InChI is InChI=1S/C11H16N2O/c1-4-5-13(3)11-6-9(2)12-7-10(11)8-14/h4,6-7,14H,1,5,8H2,2-3H3. The van der Waals surface area contributed by atoms with Crippen LogP contribution in [-0.2, 0) is 6.61 Å². The van der Waals surface area contributed by atoms with Crippen LogP contribution in [0.25, 0.3) is 0 Å². The van der Waals surface area contributed by atoms with Gasteiger partial charge in [0.05, 0.1) is 6.61 Å². The second-order valence-corrected chi connectivity index (χ2v) is 3.28. The Morgan fingerprint density at radius 2 is 2.36 bits per heavy atom. The fourth-order valence-corrected chi connectivity index (χ4v) is 1.34. The van der Waals surface area contributed by atoms with Gasteiger partial charge in [0, 0.05) is 36.7 Å². The molecule has 14 heavy (non-hydrogen) atoms. The maximum atomic E-state index is 9.13. The van der Waals surface area contributed by atoms with E-state index in [9.17, 15) is 0 Å². The van der Waals surface area contributed by atoms with Gasteiger partial charge in [-0.25, -0.2) is 0 Å². The second kappa shape index (κ2) is 4.77. The van der Waals surface area contributed by atoms with Gasteiger partial charge in [-0.1, -0.05) is 6.08 Å². The number of aliphatic hydroxyl groups is 1. The summed E-state index contributed by atoms with van der Waals surface area (Å²) in [5.41, 5.74) is 2.81. The highest BCUT2D eigenvalue weighted by Gasteiger charge is 2.06. The summed E-state index contributed by atoms with van der Waals surface area (Å²) < 4.78 is 0. The fourth-order valence-electron chi connectivity index (χ4n) is 1.34. The number of aliphatic hydroxyl groups excluding tert-OH is 1. The average molecular weight is 192 g/mol. The van der Waals surface area contributed by atoms with E-state index in [1.54, 1.807) is 6.20 Å². The molecule has 0 bridgehead atoms. The van der Waals surface area contributed by atoms with Crippen molar-refractivity contribution in [1.82, 2.24) is 4.98 Å². The fraction of sp³-hybridized carbons (Fsp3) is 0.364. The van der Waals surface area contributed by atoms with Crippen LogP contribution in [0.1, 0.15) is 11.3 Å². The van der Waals surface area contributed by atoms with Gasteiger partial charge in [0.25, 0.3) is 0 Å². The third-order valence-corrected chi connectivity index (χ3v) is 2.08. The number of rotatable bonds is 4. The molecule has 0 aliphatic heterocycles. The maximum absolute atomic E-state index is 9.13. The molecule has 0 atom stereocenters. The van der Waals surface area contributed by atoms with Crippen LogP contribution in [0.2, 0.25) is 0 Å². The lowest BCUT2D eigenvalue weighted by Crippen LogP contribution is -2.18. The number of likely N-dealkylation sites (N-methyl/N-ethyl adjacent to an activating group) is 1. The average Bonchev–Trinajstić information content (AvgIpc) is 2.18. The lowest BCUT2D eigenvalue weighted by Gasteiger charge is -2.20. The van der Waals surface area contributed by atoms with E-state index in [1.165, 1.54) is 0 Å². The van der Waals surface area contributed by atoms with E-state index < -0.39 is 0 Å². The quantitative estimate of drug-likeness (QED) is 0.734. The van der Waals surface area contributed by atoms with Crippen LogP contribution in [0.4, 0.5) is 5.69 Å². The van der Waals surface area contributed by atoms with Gasteiger partial charge in [-0.15, -0.1) is 6.58 Å². The Bertz CT molecular complexity index is 323. The highest BCUT2D eigenvalue weighted by molar-refractivity contribution is 5.53. The Balaban J connectivity index is 3.02. The molecule has 0 saturated carbocycles. The Hall–Kier alpha value is -1.35. The number of hydrogen-bond donors (Lipinski definition) is 1. The van der Waals surface area contributed by atoms with Gasteiger partial charge in [-0.3, -0.25) is 4.98 Å². The molecular weight excluding hydrogens is 176 g/mol. The van der Waals surface area contributed by atoms with Gasteiger partial charge in [0.15, 0.2) is 0 Å².